The van der Waals surface area contributed by atoms with Crippen LogP contribution in [0, 0.1) is 0 Å². The van der Waals surface area contributed by atoms with Crippen LogP contribution >= 0.6 is 11.3 Å². The number of aliphatic hydroxyl groups is 1. The van der Waals surface area contributed by atoms with Gasteiger partial charge in [-0.05, 0) is 43.7 Å². The van der Waals surface area contributed by atoms with Crippen LogP contribution in [0.4, 0.5) is 0 Å². The van der Waals surface area contributed by atoms with Gasteiger partial charge in [-0.15, -0.1) is 11.3 Å². The second kappa shape index (κ2) is 7.01. The van der Waals surface area contributed by atoms with E-state index in [9.17, 15) is 5.11 Å². The van der Waals surface area contributed by atoms with E-state index in [1.807, 2.05) is 6.07 Å². The highest BCUT2D eigenvalue weighted by Gasteiger charge is 2.25. The fraction of sp³-hybridized carbons (Fsp3) is 0.667. The maximum absolute atomic E-state index is 10.4. The zero-order valence-corrected chi connectivity index (χ0v) is 10.6. The first kappa shape index (κ1) is 13.6. The van der Waals surface area contributed by atoms with Crippen molar-refractivity contribution in [1.82, 2.24) is 0 Å². The van der Waals surface area contributed by atoms with Crippen LogP contribution in [0.5, 0.6) is 0 Å². The molecule has 0 aromatic carbocycles. The zero-order valence-electron chi connectivity index (χ0n) is 9.82. The summed E-state index contributed by atoms with van der Waals surface area (Å²) in [5, 5.41) is 12.4. The van der Waals surface area contributed by atoms with Gasteiger partial charge in [0.15, 0.2) is 0 Å². The number of hydrogen-bond donors (Lipinski definition) is 2. The van der Waals surface area contributed by atoms with Crippen molar-refractivity contribution in [2.24, 2.45) is 5.73 Å². The summed E-state index contributed by atoms with van der Waals surface area (Å²) in [5.41, 5.74) is 4.75. The molecular weight excluding hydrogens is 222 g/mol. The summed E-state index contributed by atoms with van der Waals surface area (Å²) in [4.78, 5) is 1.31. The van der Waals surface area contributed by atoms with Crippen LogP contribution < -0.4 is 5.73 Å². The summed E-state index contributed by atoms with van der Waals surface area (Å²) in [6, 6.07) is 4.13. The maximum Gasteiger partial charge on any atom is 0.0883 e. The molecule has 4 heteroatoms. The third-order valence-electron chi connectivity index (χ3n) is 2.68. The maximum atomic E-state index is 10.4. The third-order valence-corrected chi connectivity index (χ3v) is 3.61. The van der Waals surface area contributed by atoms with E-state index in [0.29, 0.717) is 19.6 Å². The molecule has 0 aliphatic rings. The van der Waals surface area contributed by atoms with Crippen LogP contribution in [-0.4, -0.2) is 31.0 Å². The van der Waals surface area contributed by atoms with Gasteiger partial charge < -0.3 is 15.6 Å². The van der Waals surface area contributed by atoms with Crippen molar-refractivity contribution in [3.05, 3.63) is 22.4 Å². The largest absolute Gasteiger partial charge is 0.387 e. The Morgan fingerprint density at radius 2 is 2.31 bits per heavy atom. The lowest BCUT2D eigenvalue weighted by Crippen LogP contribution is -2.35. The molecule has 1 aromatic rings. The molecule has 1 unspecified atom stereocenters. The van der Waals surface area contributed by atoms with Crippen molar-refractivity contribution in [2.75, 3.05) is 20.3 Å². The Labute approximate surface area is 101 Å². The highest BCUT2D eigenvalue weighted by Crippen LogP contribution is 2.22. The summed E-state index contributed by atoms with van der Waals surface area (Å²) < 4.78 is 5.09. The van der Waals surface area contributed by atoms with Gasteiger partial charge in [0.1, 0.15) is 0 Å². The monoisotopic (exact) mass is 243 g/mol. The van der Waals surface area contributed by atoms with E-state index in [4.69, 9.17) is 10.5 Å². The minimum Gasteiger partial charge on any atom is -0.387 e. The molecule has 92 valence electrons. The highest BCUT2D eigenvalue weighted by atomic mass is 32.1. The number of methoxy groups -OCH3 is 1. The molecule has 0 saturated carbocycles. The molecule has 1 heterocycles. The summed E-state index contributed by atoms with van der Waals surface area (Å²) in [6.07, 6.45) is 3.19. The lowest BCUT2D eigenvalue weighted by atomic mass is 9.92. The topological polar surface area (TPSA) is 55.5 Å². The second-order valence-electron chi connectivity index (χ2n) is 4.13. The van der Waals surface area contributed by atoms with Crippen LogP contribution in [0.2, 0.25) is 0 Å². The molecule has 1 aromatic heterocycles. The van der Waals surface area contributed by atoms with Crippen molar-refractivity contribution in [2.45, 2.75) is 31.3 Å². The molecule has 0 bridgehead atoms. The van der Waals surface area contributed by atoms with E-state index >= 15 is 0 Å². The molecule has 0 aliphatic heterocycles. The third kappa shape index (κ3) is 4.61. The fourth-order valence-corrected chi connectivity index (χ4v) is 2.49. The van der Waals surface area contributed by atoms with Crippen LogP contribution in [0.15, 0.2) is 17.5 Å². The Hall–Kier alpha value is -0.420. The molecule has 1 atom stereocenters. The summed E-state index contributed by atoms with van der Waals surface area (Å²) in [5.74, 6) is 0. The Balaban J connectivity index is 2.43. The number of rotatable bonds is 8. The van der Waals surface area contributed by atoms with Crippen molar-refractivity contribution >= 4 is 11.3 Å². The van der Waals surface area contributed by atoms with Crippen molar-refractivity contribution < 1.29 is 9.84 Å². The standard InChI is InChI=1S/C12H21NO2S/c1-15-10-12(14,6-3-8-13)7-5-11-4-2-9-16-11/h2,4,9,14H,3,5-8,10,13H2,1H3. The molecule has 0 aliphatic carbocycles. The number of ether oxygens (including phenoxy) is 1. The quantitative estimate of drug-likeness (QED) is 0.732. The van der Waals surface area contributed by atoms with Crippen LogP contribution in [0.3, 0.4) is 0 Å². The van der Waals surface area contributed by atoms with Gasteiger partial charge in [-0.2, -0.15) is 0 Å². The minimum atomic E-state index is -0.724. The van der Waals surface area contributed by atoms with Gasteiger partial charge in [0.25, 0.3) is 0 Å². The molecule has 0 spiro atoms. The SMILES string of the molecule is COCC(O)(CCCN)CCc1cccs1. The van der Waals surface area contributed by atoms with Crippen LogP contribution in [-0.2, 0) is 11.2 Å². The summed E-state index contributed by atoms with van der Waals surface area (Å²) in [6.45, 7) is 1.00. The first-order valence-corrected chi connectivity index (χ1v) is 6.52. The lowest BCUT2D eigenvalue weighted by Gasteiger charge is -2.27. The van der Waals surface area contributed by atoms with E-state index in [0.717, 1.165) is 19.3 Å². The van der Waals surface area contributed by atoms with Gasteiger partial charge in [0, 0.05) is 12.0 Å². The first-order chi connectivity index (χ1) is 7.70. The van der Waals surface area contributed by atoms with Gasteiger partial charge in [0.05, 0.1) is 12.2 Å². The van der Waals surface area contributed by atoms with Crippen LogP contribution in [0.25, 0.3) is 0 Å². The van der Waals surface area contributed by atoms with E-state index < -0.39 is 5.60 Å². The number of hydrogen-bond acceptors (Lipinski definition) is 4. The molecule has 0 radical (unpaired) electrons. The number of thiophene rings is 1. The zero-order chi connectivity index (χ0) is 11.9. The second-order valence-corrected chi connectivity index (χ2v) is 5.16. The summed E-state index contributed by atoms with van der Waals surface area (Å²) >= 11 is 1.73. The van der Waals surface area contributed by atoms with Gasteiger partial charge in [-0.25, -0.2) is 0 Å². The fourth-order valence-electron chi connectivity index (χ4n) is 1.78. The van der Waals surface area contributed by atoms with E-state index in [1.54, 1.807) is 18.4 Å². The minimum absolute atomic E-state index is 0.387. The van der Waals surface area contributed by atoms with E-state index in [1.165, 1.54) is 4.88 Å². The van der Waals surface area contributed by atoms with Crippen molar-refractivity contribution in [3.63, 3.8) is 0 Å². The number of nitrogens with two attached hydrogens (primary N) is 1. The molecule has 0 amide bonds. The first-order valence-electron chi connectivity index (χ1n) is 5.64. The molecule has 1 rings (SSSR count). The predicted octanol–water partition coefficient (Wildman–Crippen LogP) is 1.80. The number of aryl methyl sites for hydroxylation is 1. The molecule has 0 saturated heterocycles. The predicted molar refractivity (Wildman–Crippen MR) is 67.8 cm³/mol. The average Bonchev–Trinajstić information content (AvgIpc) is 2.77. The van der Waals surface area contributed by atoms with Crippen LogP contribution in [0.1, 0.15) is 24.1 Å². The van der Waals surface area contributed by atoms with Crippen molar-refractivity contribution in [3.8, 4) is 0 Å². The molecule has 16 heavy (non-hydrogen) atoms. The van der Waals surface area contributed by atoms with Gasteiger partial charge in [0.2, 0.25) is 0 Å². The molecular formula is C12H21NO2S. The smallest absolute Gasteiger partial charge is 0.0883 e. The lowest BCUT2D eigenvalue weighted by molar-refractivity contribution is -0.0435. The normalized spacial score (nSPS) is 14.9. The average molecular weight is 243 g/mol. The molecule has 3 nitrogen and oxygen atoms in total. The molecule has 3 N–H and O–H groups in total. The van der Waals surface area contributed by atoms with Gasteiger partial charge in [-0.1, -0.05) is 6.07 Å². The van der Waals surface area contributed by atoms with E-state index in [-0.39, 0.29) is 0 Å². The van der Waals surface area contributed by atoms with Gasteiger partial charge in [-0.3, -0.25) is 0 Å². The Bertz CT molecular complexity index is 277. The van der Waals surface area contributed by atoms with E-state index in [2.05, 4.69) is 11.4 Å². The Kier molecular flexibility index (Phi) is 5.98. The highest BCUT2D eigenvalue weighted by molar-refractivity contribution is 7.09. The van der Waals surface area contributed by atoms with Crippen molar-refractivity contribution in [1.29, 1.82) is 0 Å². The van der Waals surface area contributed by atoms with Gasteiger partial charge >= 0.3 is 0 Å². The summed E-state index contributed by atoms with van der Waals surface area (Å²) in [7, 11) is 1.62. The Morgan fingerprint density at radius 3 is 2.88 bits per heavy atom. The Morgan fingerprint density at radius 1 is 1.50 bits per heavy atom. The molecule has 0 fully saturated rings.